The Morgan fingerprint density at radius 3 is 2.66 bits per heavy atom. The maximum atomic E-state index is 12.5. The number of ether oxygens (including phenoxy) is 1. The number of benzene rings is 1. The van der Waals surface area contributed by atoms with Crippen LogP contribution in [0.1, 0.15) is 20.3 Å². The molecule has 0 radical (unpaired) electrons. The summed E-state index contributed by atoms with van der Waals surface area (Å²) in [6.45, 7) is 4.06. The summed E-state index contributed by atoms with van der Waals surface area (Å²) in [5, 5.41) is 14.3. The minimum atomic E-state index is -0.919. The van der Waals surface area contributed by atoms with Gasteiger partial charge in [-0.25, -0.2) is 4.79 Å². The van der Waals surface area contributed by atoms with Gasteiger partial charge in [0.25, 0.3) is 5.56 Å². The topological polar surface area (TPSA) is 114 Å². The third-order valence-electron chi connectivity index (χ3n) is 4.64. The normalized spacial score (nSPS) is 13.4. The predicted octanol–water partition coefficient (Wildman–Crippen LogP) is 1.73. The fourth-order valence-corrected chi connectivity index (χ4v) is 2.96. The van der Waals surface area contributed by atoms with Gasteiger partial charge in [0.2, 0.25) is 5.95 Å². The molecule has 3 N–H and O–H groups in total. The van der Waals surface area contributed by atoms with E-state index in [9.17, 15) is 14.7 Å². The molecule has 2 heterocycles. The van der Waals surface area contributed by atoms with Crippen molar-refractivity contribution in [1.29, 1.82) is 0 Å². The van der Waals surface area contributed by atoms with Gasteiger partial charge in [0.05, 0.1) is 6.54 Å². The number of rotatable bonds is 8. The van der Waals surface area contributed by atoms with Gasteiger partial charge < -0.3 is 19.7 Å². The molecule has 0 spiro atoms. The van der Waals surface area contributed by atoms with Gasteiger partial charge in [-0.1, -0.05) is 18.5 Å². The van der Waals surface area contributed by atoms with E-state index in [0.717, 1.165) is 6.42 Å². The Labute approximate surface area is 171 Å². The van der Waals surface area contributed by atoms with Crippen LogP contribution in [-0.4, -0.2) is 43.0 Å². The molecule has 29 heavy (non-hydrogen) atoms. The Morgan fingerprint density at radius 2 is 2.00 bits per heavy atom. The summed E-state index contributed by atoms with van der Waals surface area (Å²) in [6.07, 6.45) is -0.0852. The molecule has 0 saturated heterocycles. The van der Waals surface area contributed by atoms with Crippen molar-refractivity contribution in [3.63, 3.8) is 0 Å². The number of H-pyrrole nitrogens is 1. The maximum Gasteiger partial charge on any atom is 0.329 e. The Balaban J connectivity index is 1.90. The second-order valence-electron chi connectivity index (χ2n) is 6.91. The van der Waals surface area contributed by atoms with Crippen molar-refractivity contribution in [3.05, 3.63) is 50.1 Å². The summed E-state index contributed by atoms with van der Waals surface area (Å²) in [5.74, 6) is 0.980. The molecule has 9 nitrogen and oxygen atoms in total. The fraction of sp³-hybridized carbons (Fsp3) is 0.421. The number of hydrogen-bond acceptors (Lipinski definition) is 6. The number of aromatic nitrogens is 4. The van der Waals surface area contributed by atoms with Gasteiger partial charge in [-0.2, -0.15) is 4.98 Å². The van der Waals surface area contributed by atoms with Crippen LogP contribution in [0.2, 0.25) is 5.02 Å². The summed E-state index contributed by atoms with van der Waals surface area (Å²) in [6, 6.07) is 6.89. The second kappa shape index (κ2) is 8.71. The van der Waals surface area contributed by atoms with Crippen LogP contribution in [0.4, 0.5) is 5.95 Å². The Kier molecular flexibility index (Phi) is 6.29. The highest BCUT2D eigenvalue weighted by atomic mass is 35.5. The average Bonchev–Trinajstić information content (AvgIpc) is 3.04. The number of anilines is 1. The highest BCUT2D eigenvalue weighted by Crippen LogP contribution is 2.19. The van der Waals surface area contributed by atoms with Crippen molar-refractivity contribution in [1.82, 2.24) is 19.1 Å². The first-order valence-corrected chi connectivity index (χ1v) is 9.70. The first kappa shape index (κ1) is 20.9. The van der Waals surface area contributed by atoms with E-state index in [1.807, 2.05) is 13.8 Å². The minimum Gasteiger partial charge on any atom is -0.491 e. The number of nitrogens with one attached hydrogen (secondary N) is 2. The molecule has 0 amide bonds. The summed E-state index contributed by atoms with van der Waals surface area (Å²) < 4.78 is 8.44. The third-order valence-corrected chi connectivity index (χ3v) is 4.90. The molecular weight excluding hydrogens is 398 g/mol. The minimum absolute atomic E-state index is 0.00768. The van der Waals surface area contributed by atoms with E-state index in [4.69, 9.17) is 16.3 Å². The van der Waals surface area contributed by atoms with Crippen molar-refractivity contribution in [3.8, 4) is 5.75 Å². The first-order valence-electron chi connectivity index (χ1n) is 9.32. The standard InChI is InChI=1S/C19H24ClN5O4/c1-4-11(2)21-18-22-16-15(17(27)23-19(28)24(16)3)25(18)9-13(26)10-29-14-7-5-12(20)6-8-14/h5-8,11,13,26H,4,9-10H2,1-3H3,(H,21,22)(H,23,27,28). The molecule has 156 valence electrons. The lowest BCUT2D eigenvalue weighted by Gasteiger charge is -2.17. The van der Waals surface area contributed by atoms with E-state index in [2.05, 4.69) is 15.3 Å². The number of aromatic amines is 1. The zero-order chi connectivity index (χ0) is 21.1. The number of imidazole rings is 1. The molecule has 0 bridgehead atoms. The van der Waals surface area contributed by atoms with Crippen molar-refractivity contribution < 1.29 is 9.84 Å². The van der Waals surface area contributed by atoms with Crippen LogP contribution in [-0.2, 0) is 13.6 Å². The SMILES string of the molecule is CCC(C)Nc1nc2c(c(=O)[nH]c(=O)n2C)n1CC(O)COc1ccc(Cl)cc1. The summed E-state index contributed by atoms with van der Waals surface area (Å²) in [5.41, 5.74) is -0.647. The molecule has 1 aromatic carbocycles. The average molecular weight is 422 g/mol. The van der Waals surface area contributed by atoms with Gasteiger partial charge in [0.1, 0.15) is 18.5 Å². The number of nitrogens with zero attached hydrogens (tertiary/aromatic N) is 3. The fourth-order valence-electron chi connectivity index (χ4n) is 2.83. The van der Waals surface area contributed by atoms with Gasteiger partial charge in [-0.05, 0) is 37.6 Å². The van der Waals surface area contributed by atoms with Crippen molar-refractivity contribution in [2.75, 3.05) is 11.9 Å². The van der Waals surface area contributed by atoms with Crippen LogP contribution in [0.3, 0.4) is 0 Å². The van der Waals surface area contributed by atoms with Crippen LogP contribution in [0.25, 0.3) is 11.2 Å². The molecule has 3 rings (SSSR count). The highest BCUT2D eigenvalue weighted by Gasteiger charge is 2.20. The quantitative estimate of drug-likeness (QED) is 0.510. The largest absolute Gasteiger partial charge is 0.491 e. The van der Waals surface area contributed by atoms with Crippen LogP contribution >= 0.6 is 11.6 Å². The van der Waals surface area contributed by atoms with Crippen molar-refractivity contribution >= 4 is 28.7 Å². The Bertz CT molecular complexity index is 1100. The molecule has 10 heteroatoms. The number of aliphatic hydroxyl groups excluding tert-OH is 1. The molecule has 2 unspecified atom stereocenters. The van der Waals surface area contributed by atoms with E-state index in [-0.39, 0.29) is 30.4 Å². The molecule has 0 saturated carbocycles. The van der Waals surface area contributed by atoms with E-state index in [1.54, 1.807) is 28.8 Å². The first-order chi connectivity index (χ1) is 13.8. The molecule has 0 aliphatic heterocycles. The summed E-state index contributed by atoms with van der Waals surface area (Å²) in [7, 11) is 1.53. The molecule has 0 fully saturated rings. The van der Waals surface area contributed by atoms with E-state index < -0.39 is 17.4 Å². The number of fused-ring (bicyclic) bond motifs is 1. The van der Waals surface area contributed by atoms with Crippen molar-refractivity contribution in [2.45, 2.75) is 39.0 Å². The molecule has 2 aromatic heterocycles. The van der Waals surface area contributed by atoms with Gasteiger partial charge in [0, 0.05) is 18.1 Å². The summed E-state index contributed by atoms with van der Waals surface area (Å²) >= 11 is 5.86. The van der Waals surface area contributed by atoms with Gasteiger partial charge >= 0.3 is 5.69 Å². The highest BCUT2D eigenvalue weighted by molar-refractivity contribution is 6.30. The summed E-state index contributed by atoms with van der Waals surface area (Å²) in [4.78, 5) is 31.1. The van der Waals surface area contributed by atoms with E-state index in [0.29, 0.717) is 16.7 Å². The Hall–Kier alpha value is -2.78. The zero-order valence-electron chi connectivity index (χ0n) is 16.5. The lowest BCUT2D eigenvalue weighted by Crippen LogP contribution is -2.31. The zero-order valence-corrected chi connectivity index (χ0v) is 17.2. The van der Waals surface area contributed by atoms with Crippen molar-refractivity contribution in [2.24, 2.45) is 7.05 Å². The van der Waals surface area contributed by atoms with Gasteiger partial charge in [0.15, 0.2) is 11.2 Å². The van der Waals surface area contributed by atoms with E-state index in [1.165, 1.54) is 11.6 Å². The smallest absolute Gasteiger partial charge is 0.329 e. The monoisotopic (exact) mass is 421 g/mol. The van der Waals surface area contributed by atoms with Gasteiger partial charge in [-0.15, -0.1) is 0 Å². The van der Waals surface area contributed by atoms with Crippen LogP contribution in [0.5, 0.6) is 5.75 Å². The third kappa shape index (κ3) is 4.63. The van der Waals surface area contributed by atoms with E-state index >= 15 is 0 Å². The molecule has 2 atom stereocenters. The molecule has 0 aliphatic carbocycles. The number of aryl methyl sites for hydroxylation is 1. The number of halogens is 1. The Morgan fingerprint density at radius 1 is 1.31 bits per heavy atom. The van der Waals surface area contributed by atoms with Gasteiger partial charge in [-0.3, -0.25) is 14.3 Å². The number of aliphatic hydroxyl groups is 1. The number of hydrogen-bond donors (Lipinski definition) is 3. The van der Waals surface area contributed by atoms with Crippen LogP contribution in [0, 0.1) is 0 Å². The molecule has 3 aromatic rings. The lowest BCUT2D eigenvalue weighted by atomic mass is 10.3. The van der Waals surface area contributed by atoms with Crippen LogP contribution in [0.15, 0.2) is 33.9 Å². The lowest BCUT2D eigenvalue weighted by molar-refractivity contribution is 0.0938. The second-order valence-corrected chi connectivity index (χ2v) is 7.35. The maximum absolute atomic E-state index is 12.5. The molecule has 0 aliphatic rings. The molecular formula is C19H24ClN5O4. The van der Waals surface area contributed by atoms with Crippen LogP contribution < -0.4 is 21.3 Å². The predicted molar refractivity (Wildman–Crippen MR) is 112 cm³/mol.